The highest BCUT2D eigenvalue weighted by atomic mass is 16.3. The quantitative estimate of drug-likeness (QED) is 0.660. The van der Waals surface area contributed by atoms with Crippen molar-refractivity contribution in [3.63, 3.8) is 0 Å². The molecule has 2 atom stereocenters. The highest BCUT2D eigenvalue weighted by Gasteiger charge is 2.53. The summed E-state index contributed by atoms with van der Waals surface area (Å²) in [5.74, 6) is 0.0943. The molecule has 29 heavy (non-hydrogen) atoms. The number of nitrogens with zero attached hydrogens (tertiary/aromatic N) is 1. The topological polar surface area (TPSA) is 23.5 Å². The lowest BCUT2D eigenvalue weighted by atomic mass is 9.72. The molecule has 146 valence electrons. The van der Waals surface area contributed by atoms with Crippen molar-refractivity contribution in [3.8, 4) is 11.1 Å². The summed E-state index contributed by atoms with van der Waals surface area (Å²) in [6.45, 7) is 1.00. The Labute approximate surface area is 172 Å². The van der Waals surface area contributed by atoms with Crippen LogP contribution in [-0.4, -0.2) is 27.7 Å². The van der Waals surface area contributed by atoms with Crippen LogP contribution < -0.4 is 0 Å². The molecule has 2 bridgehead atoms. The molecule has 3 aliphatic rings. The monoisotopic (exact) mass is 381 g/mol. The average Bonchev–Trinajstić information content (AvgIpc) is 3.21. The van der Waals surface area contributed by atoms with Gasteiger partial charge < -0.3 is 5.11 Å². The third-order valence-corrected chi connectivity index (χ3v) is 7.53. The minimum Gasteiger partial charge on any atom is -0.389 e. The zero-order valence-electron chi connectivity index (χ0n) is 16.7. The van der Waals surface area contributed by atoms with Crippen molar-refractivity contribution in [1.82, 2.24) is 4.90 Å². The second-order valence-electron chi connectivity index (χ2n) is 9.16. The summed E-state index contributed by atoms with van der Waals surface area (Å²) in [5, 5.41) is 12.1. The number of piperidine rings is 1. The maximum Gasteiger partial charge on any atom is 0.0786 e. The Morgan fingerprint density at radius 1 is 0.724 bits per heavy atom. The van der Waals surface area contributed by atoms with Crippen molar-refractivity contribution in [2.75, 3.05) is 0 Å². The predicted octanol–water partition coefficient (Wildman–Crippen LogP) is 5.36. The molecule has 2 saturated heterocycles. The van der Waals surface area contributed by atoms with Gasteiger partial charge in [0.1, 0.15) is 0 Å². The fourth-order valence-corrected chi connectivity index (χ4v) is 6.38. The molecule has 0 amide bonds. The summed E-state index contributed by atoms with van der Waals surface area (Å²) in [6, 6.07) is 29.1. The minimum absolute atomic E-state index is 0.0943. The van der Waals surface area contributed by atoms with Gasteiger partial charge in [-0.2, -0.15) is 0 Å². The highest BCUT2D eigenvalue weighted by molar-refractivity contribution is 5.79. The first-order valence-corrected chi connectivity index (χ1v) is 10.9. The van der Waals surface area contributed by atoms with E-state index in [0.717, 1.165) is 19.4 Å². The van der Waals surface area contributed by atoms with E-state index in [1.807, 2.05) is 0 Å². The number of fused-ring (bicyclic) bond motifs is 5. The molecule has 1 N–H and O–H groups in total. The zero-order chi connectivity index (χ0) is 19.4. The zero-order valence-corrected chi connectivity index (χ0v) is 16.7. The van der Waals surface area contributed by atoms with Crippen LogP contribution in [0.4, 0.5) is 0 Å². The van der Waals surface area contributed by atoms with Gasteiger partial charge in [0.05, 0.1) is 5.60 Å². The second-order valence-corrected chi connectivity index (χ2v) is 9.16. The molecule has 6 rings (SSSR count). The van der Waals surface area contributed by atoms with Crippen molar-refractivity contribution in [2.24, 2.45) is 0 Å². The largest absolute Gasteiger partial charge is 0.389 e. The second kappa shape index (κ2) is 6.55. The van der Waals surface area contributed by atoms with E-state index in [4.69, 9.17) is 0 Å². The Balaban J connectivity index is 1.35. The number of aliphatic hydroxyl groups is 1. The van der Waals surface area contributed by atoms with E-state index in [2.05, 4.69) is 83.8 Å². The summed E-state index contributed by atoms with van der Waals surface area (Å²) in [6.07, 6.45) is 4.14. The normalized spacial score (nSPS) is 28.3. The van der Waals surface area contributed by atoms with Gasteiger partial charge in [-0.1, -0.05) is 78.9 Å². The molecule has 2 heteroatoms. The van der Waals surface area contributed by atoms with Crippen LogP contribution in [0.1, 0.15) is 48.3 Å². The third kappa shape index (κ3) is 2.70. The van der Waals surface area contributed by atoms with Gasteiger partial charge >= 0.3 is 0 Å². The molecule has 2 fully saturated rings. The van der Waals surface area contributed by atoms with Gasteiger partial charge in [-0.25, -0.2) is 0 Å². The Kier molecular flexibility index (Phi) is 3.94. The van der Waals surface area contributed by atoms with E-state index < -0.39 is 5.60 Å². The standard InChI is InChI=1S/C27H27NO/c29-27(26-24-12-6-4-10-22(24)23-11-5-7-13-25(23)26)16-20-14-15-21(17-27)28(20)18-19-8-2-1-3-9-19/h1-13,20-21,26,29H,14-18H2. The fraction of sp³-hybridized carbons (Fsp3) is 0.333. The van der Waals surface area contributed by atoms with Crippen LogP contribution in [0.15, 0.2) is 78.9 Å². The van der Waals surface area contributed by atoms with Crippen molar-refractivity contribution in [1.29, 1.82) is 0 Å². The summed E-state index contributed by atoms with van der Waals surface area (Å²) in [7, 11) is 0. The molecular weight excluding hydrogens is 354 g/mol. The maximum absolute atomic E-state index is 12.1. The highest BCUT2D eigenvalue weighted by Crippen LogP contribution is 2.55. The molecule has 2 nitrogen and oxygen atoms in total. The molecule has 0 radical (unpaired) electrons. The van der Waals surface area contributed by atoms with Gasteiger partial charge in [0.25, 0.3) is 0 Å². The molecule has 0 spiro atoms. The molecule has 1 aliphatic carbocycles. The number of rotatable bonds is 3. The van der Waals surface area contributed by atoms with E-state index in [0.29, 0.717) is 12.1 Å². The SMILES string of the molecule is OC1(C2c3ccccc3-c3ccccc32)CC2CCC(C1)N2Cc1ccccc1. The van der Waals surface area contributed by atoms with Gasteiger partial charge in [0, 0.05) is 24.5 Å². The van der Waals surface area contributed by atoms with Crippen LogP contribution in [0.3, 0.4) is 0 Å². The number of hydrogen-bond acceptors (Lipinski definition) is 2. The summed E-state index contributed by atoms with van der Waals surface area (Å²) in [5.41, 5.74) is 5.95. The molecule has 0 aromatic heterocycles. The molecule has 3 aromatic rings. The molecule has 2 heterocycles. The molecule has 3 aromatic carbocycles. The van der Waals surface area contributed by atoms with Gasteiger partial charge in [-0.15, -0.1) is 0 Å². The Morgan fingerprint density at radius 2 is 1.24 bits per heavy atom. The van der Waals surface area contributed by atoms with Crippen LogP contribution in [0, 0.1) is 0 Å². The first kappa shape index (κ1) is 17.4. The molecule has 2 unspecified atom stereocenters. The number of benzene rings is 3. The third-order valence-electron chi connectivity index (χ3n) is 7.53. The van der Waals surface area contributed by atoms with Crippen LogP contribution in [0.2, 0.25) is 0 Å². The van der Waals surface area contributed by atoms with Crippen LogP contribution >= 0.6 is 0 Å². The maximum atomic E-state index is 12.1. The lowest BCUT2D eigenvalue weighted by Crippen LogP contribution is -2.53. The van der Waals surface area contributed by atoms with Crippen molar-refractivity contribution < 1.29 is 5.11 Å². The Morgan fingerprint density at radius 3 is 1.83 bits per heavy atom. The van der Waals surface area contributed by atoms with Crippen LogP contribution in [0.5, 0.6) is 0 Å². The van der Waals surface area contributed by atoms with E-state index >= 15 is 0 Å². The van der Waals surface area contributed by atoms with Gasteiger partial charge in [0.15, 0.2) is 0 Å². The lowest BCUT2D eigenvalue weighted by molar-refractivity contribution is -0.0644. The van der Waals surface area contributed by atoms with E-state index in [9.17, 15) is 5.11 Å². The number of hydrogen-bond donors (Lipinski definition) is 1. The average molecular weight is 382 g/mol. The lowest BCUT2D eigenvalue weighted by Gasteiger charge is -2.47. The smallest absolute Gasteiger partial charge is 0.0786 e. The van der Waals surface area contributed by atoms with Gasteiger partial charge in [-0.05, 0) is 53.5 Å². The summed E-state index contributed by atoms with van der Waals surface area (Å²) >= 11 is 0. The van der Waals surface area contributed by atoms with E-state index in [-0.39, 0.29) is 5.92 Å². The van der Waals surface area contributed by atoms with Crippen LogP contribution in [-0.2, 0) is 6.54 Å². The fourth-order valence-electron chi connectivity index (χ4n) is 6.38. The van der Waals surface area contributed by atoms with Crippen molar-refractivity contribution >= 4 is 0 Å². The van der Waals surface area contributed by atoms with Gasteiger partial charge in [0.2, 0.25) is 0 Å². The van der Waals surface area contributed by atoms with Crippen molar-refractivity contribution in [3.05, 3.63) is 95.6 Å². The first-order valence-electron chi connectivity index (χ1n) is 10.9. The minimum atomic E-state index is -0.665. The molecule has 2 aliphatic heterocycles. The van der Waals surface area contributed by atoms with E-state index in [1.165, 1.54) is 40.7 Å². The molecule has 0 saturated carbocycles. The van der Waals surface area contributed by atoms with Crippen molar-refractivity contribution in [2.45, 2.75) is 55.8 Å². The summed E-state index contributed by atoms with van der Waals surface area (Å²) in [4.78, 5) is 2.66. The predicted molar refractivity (Wildman–Crippen MR) is 117 cm³/mol. The Hall–Kier alpha value is -2.42. The first-order chi connectivity index (χ1) is 14.2. The molecular formula is C27H27NO. The Bertz CT molecular complexity index is 984. The van der Waals surface area contributed by atoms with Crippen LogP contribution in [0.25, 0.3) is 11.1 Å². The van der Waals surface area contributed by atoms with Gasteiger partial charge in [-0.3, -0.25) is 4.90 Å². The van der Waals surface area contributed by atoms with E-state index in [1.54, 1.807) is 0 Å². The summed E-state index contributed by atoms with van der Waals surface area (Å²) < 4.78 is 0.